The van der Waals surface area contributed by atoms with E-state index in [1.54, 1.807) is 0 Å². The maximum absolute atomic E-state index is 11.1. The van der Waals surface area contributed by atoms with Crippen molar-refractivity contribution >= 4 is 5.69 Å². The quantitative estimate of drug-likeness (QED) is 0.362. The second-order valence-corrected chi connectivity index (χ2v) is 11.5. The van der Waals surface area contributed by atoms with Crippen molar-refractivity contribution in [3.05, 3.63) is 95.1 Å². The van der Waals surface area contributed by atoms with E-state index in [1.165, 1.54) is 11.1 Å². The summed E-state index contributed by atoms with van der Waals surface area (Å²) in [6, 6.07) is 25.4. The Balaban J connectivity index is 1.87. The van der Waals surface area contributed by atoms with Crippen molar-refractivity contribution in [2.24, 2.45) is 11.3 Å². The summed E-state index contributed by atoms with van der Waals surface area (Å²) in [5, 5.41) is 11.1. The van der Waals surface area contributed by atoms with E-state index in [2.05, 4.69) is 102 Å². The van der Waals surface area contributed by atoms with Gasteiger partial charge in [0, 0.05) is 11.6 Å². The molecule has 0 bridgehead atoms. The molecule has 0 spiro atoms. The van der Waals surface area contributed by atoms with E-state index in [0.717, 1.165) is 36.1 Å². The fourth-order valence-electron chi connectivity index (χ4n) is 4.78. The average Bonchev–Trinajstić information content (AvgIpc) is 2.74. The highest BCUT2D eigenvalue weighted by atomic mass is 16.3. The van der Waals surface area contributed by atoms with Crippen LogP contribution in [0.5, 0.6) is 5.75 Å². The molecule has 0 saturated heterocycles. The number of anilines is 1. The van der Waals surface area contributed by atoms with Crippen molar-refractivity contribution in [3.63, 3.8) is 0 Å². The van der Waals surface area contributed by atoms with Crippen LogP contribution in [0.1, 0.15) is 82.6 Å². The monoisotopic (exact) mass is 443 g/mol. The number of hydrogen-bond acceptors (Lipinski definition) is 2. The van der Waals surface area contributed by atoms with Gasteiger partial charge in [-0.1, -0.05) is 102 Å². The van der Waals surface area contributed by atoms with Crippen LogP contribution >= 0.6 is 0 Å². The molecule has 3 aromatic carbocycles. The predicted molar refractivity (Wildman–Crippen MR) is 142 cm³/mol. The second-order valence-electron chi connectivity index (χ2n) is 11.5. The number of phenolic OH excluding ortho intramolecular Hbond substituents is 1. The third-order valence-corrected chi connectivity index (χ3v) is 6.96. The van der Waals surface area contributed by atoms with Gasteiger partial charge in [-0.2, -0.15) is 0 Å². The Labute approximate surface area is 200 Å². The van der Waals surface area contributed by atoms with Gasteiger partial charge in [0.1, 0.15) is 5.75 Å². The van der Waals surface area contributed by atoms with Crippen molar-refractivity contribution < 1.29 is 5.11 Å². The number of nitrogens with two attached hydrogens (primary N) is 1. The molecule has 0 amide bonds. The number of benzene rings is 3. The van der Waals surface area contributed by atoms with Gasteiger partial charge >= 0.3 is 0 Å². The van der Waals surface area contributed by atoms with E-state index < -0.39 is 0 Å². The van der Waals surface area contributed by atoms with Crippen LogP contribution in [0.3, 0.4) is 0 Å². The van der Waals surface area contributed by atoms with Crippen molar-refractivity contribution in [1.82, 2.24) is 0 Å². The third kappa shape index (κ3) is 6.41. The molecular weight excluding hydrogens is 402 g/mol. The molecule has 3 aromatic rings. The van der Waals surface area contributed by atoms with Crippen LogP contribution in [0.2, 0.25) is 0 Å². The van der Waals surface area contributed by atoms with Crippen LogP contribution < -0.4 is 5.73 Å². The zero-order valence-electron chi connectivity index (χ0n) is 21.2. The Morgan fingerprint density at radius 1 is 0.727 bits per heavy atom. The van der Waals surface area contributed by atoms with Crippen LogP contribution in [-0.4, -0.2) is 5.11 Å². The SMILES string of the molecule is CC(C)(C)c1cccc(CC(CCC(c2ccccc2)c2ccc(N)cc2)C(C)(C)C)c1O. The minimum atomic E-state index is -0.0785. The summed E-state index contributed by atoms with van der Waals surface area (Å²) in [5.41, 5.74) is 11.5. The molecule has 3 rings (SSSR count). The molecule has 2 atom stereocenters. The normalized spacial score (nSPS) is 14.1. The van der Waals surface area contributed by atoms with E-state index in [9.17, 15) is 5.11 Å². The summed E-state index contributed by atoms with van der Waals surface area (Å²) in [6.07, 6.45) is 3.00. The van der Waals surface area contributed by atoms with Gasteiger partial charge in [-0.25, -0.2) is 0 Å². The predicted octanol–water partition coefficient (Wildman–Crippen LogP) is 8.09. The minimum Gasteiger partial charge on any atom is -0.507 e. The third-order valence-electron chi connectivity index (χ3n) is 6.96. The standard InChI is InChI=1S/C31H41NO/c1-30(2,3)25(21-24-13-10-14-28(29(24)33)31(4,5)6)17-20-27(22-11-8-7-9-12-22)23-15-18-26(32)19-16-23/h7-16,18-19,25,27,33H,17,20-21,32H2,1-6H3. The Hall–Kier alpha value is -2.74. The Bertz CT molecular complexity index is 1020. The lowest BCUT2D eigenvalue weighted by atomic mass is 9.72. The van der Waals surface area contributed by atoms with Gasteiger partial charge in [0.2, 0.25) is 0 Å². The van der Waals surface area contributed by atoms with Crippen LogP contribution in [0, 0.1) is 11.3 Å². The molecule has 3 N–H and O–H groups in total. The van der Waals surface area contributed by atoms with Crippen molar-refractivity contribution in [2.45, 2.75) is 72.1 Å². The summed E-state index contributed by atoms with van der Waals surface area (Å²) in [6.45, 7) is 13.4. The molecule has 176 valence electrons. The van der Waals surface area contributed by atoms with Crippen molar-refractivity contribution in [3.8, 4) is 5.75 Å². The van der Waals surface area contributed by atoms with Crippen molar-refractivity contribution in [2.75, 3.05) is 5.73 Å². The Morgan fingerprint density at radius 3 is 1.91 bits per heavy atom. The highest BCUT2D eigenvalue weighted by Gasteiger charge is 2.28. The first kappa shape index (κ1) is 24.9. The molecule has 0 aromatic heterocycles. The second kappa shape index (κ2) is 10.0. The first-order valence-electron chi connectivity index (χ1n) is 12.2. The number of para-hydroxylation sites is 1. The minimum absolute atomic E-state index is 0.0785. The van der Waals surface area contributed by atoms with Crippen LogP contribution in [0.15, 0.2) is 72.8 Å². The molecule has 0 fully saturated rings. The molecule has 0 saturated carbocycles. The van der Waals surface area contributed by atoms with Gasteiger partial charge in [0.25, 0.3) is 0 Å². The average molecular weight is 444 g/mol. The number of rotatable bonds is 7. The molecule has 0 aliphatic heterocycles. The number of hydrogen-bond donors (Lipinski definition) is 2. The molecule has 2 unspecified atom stereocenters. The first-order chi connectivity index (χ1) is 15.5. The van der Waals surface area contributed by atoms with E-state index in [0.29, 0.717) is 17.6 Å². The maximum Gasteiger partial charge on any atom is 0.122 e. The highest BCUT2D eigenvalue weighted by molar-refractivity contribution is 5.45. The first-order valence-corrected chi connectivity index (χ1v) is 12.2. The van der Waals surface area contributed by atoms with Gasteiger partial charge in [-0.05, 0) is 70.4 Å². The van der Waals surface area contributed by atoms with Crippen LogP contribution in [0.25, 0.3) is 0 Å². The summed E-state index contributed by atoms with van der Waals surface area (Å²) in [4.78, 5) is 0. The molecule has 0 aliphatic carbocycles. The van der Waals surface area contributed by atoms with Gasteiger partial charge in [0.15, 0.2) is 0 Å². The zero-order valence-corrected chi connectivity index (χ0v) is 21.2. The van der Waals surface area contributed by atoms with Gasteiger partial charge in [-0.15, -0.1) is 0 Å². The zero-order chi connectivity index (χ0) is 24.2. The van der Waals surface area contributed by atoms with Gasteiger partial charge < -0.3 is 10.8 Å². The molecule has 2 nitrogen and oxygen atoms in total. The van der Waals surface area contributed by atoms with E-state index in [1.807, 2.05) is 12.1 Å². The summed E-state index contributed by atoms with van der Waals surface area (Å²) in [7, 11) is 0. The smallest absolute Gasteiger partial charge is 0.122 e. The lowest BCUT2D eigenvalue weighted by molar-refractivity contribution is 0.216. The van der Waals surface area contributed by atoms with Gasteiger partial charge in [0.05, 0.1) is 0 Å². The lowest BCUT2D eigenvalue weighted by Crippen LogP contribution is -2.24. The van der Waals surface area contributed by atoms with E-state index >= 15 is 0 Å². The molecule has 0 aliphatic rings. The summed E-state index contributed by atoms with van der Waals surface area (Å²) in [5.74, 6) is 1.24. The molecule has 0 heterocycles. The van der Waals surface area contributed by atoms with Gasteiger partial charge in [-0.3, -0.25) is 0 Å². The largest absolute Gasteiger partial charge is 0.507 e. The lowest BCUT2D eigenvalue weighted by Gasteiger charge is -2.33. The van der Waals surface area contributed by atoms with Crippen LogP contribution in [0.4, 0.5) is 5.69 Å². The maximum atomic E-state index is 11.1. The van der Waals surface area contributed by atoms with Crippen LogP contribution in [-0.2, 0) is 11.8 Å². The summed E-state index contributed by atoms with van der Waals surface area (Å²) >= 11 is 0. The number of aromatic hydroxyl groups is 1. The molecule has 2 heteroatoms. The Morgan fingerprint density at radius 2 is 1.33 bits per heavy atom. The molecule has 33 heavy (non-hydrogen) atoms. The van der Waals surface area contributed by atoms with Crippen molar-refractivity contribution in [1.29, 1.82) is 0 Å². The summed E-state index contributed by atoms with van der Waals surface area (Å²) < 4.78 is 0. The van der Waals surface area contributed by atoms with E-state index in [4.69, 9.17) is 5.73 Å². The number of nitrogen functional groups attached to an aromatic ring is 1. The fourth-order valence-corrected chi connectivity index (χ4v) is 4.78. The molecular formula is C31H41NO. The van der Waals surface area contributed by atoms with E-state index in [-0.39, 0.29) is 10.8 Å². The topological polar surface area (TPSA) is 46.2 Å². The highest BCUT2D eigenvalue weighted by Crippen LogP contribution is 2.40. The fraction of sp³-hybridized carbons (Fsp3) is 0.419. The Kier molecular flexibility index (Phi) is 7.57. The molecule has 0 radical (unpaired) electrons. The number of phenols is 1.